The van der Waals surface area contributed by atoms with E-state index < -0.39 is 5.41 Å². The number of benzene rings is 1. The Hall–Kier alpha value is -1.20. The number of hydrogen-bond acceptors (Lipinski definition) is 4. The van der Waals surface area contributed by atoms with Crippen LogP contribution >= 0.6 is 24.2 Å². The van der Waals surface area contributed by atoms with E-state index >= 15 is 0 Å². The summed E-state index contributed by atoms with van der Waals surface area (Å²) in [6, 6.07) is 9.63. The highest BCUT2D eigenvalue weighted by Gasteiger charge is 2.42. The molecule has 1 aromatic carbocycles. The lowest BCUT2D eigenvalue weighted by atomic mass is 9.83. The van der Waals surface area contributed by atoms with Crippen LogP contribution in [0, 0.1) is 5.41 Å². The van der Waals surface area contributed by atoms with Gasteiger partial charge in [-0.3, -0.25) is 9.79 Å². The first-order chi connectivity index (χ1) is 9.57. The summed E-state index contributed by atoms with van der Waals surface area (Å²) in [5.74, 6) is 1.14. The zero-order valence-corrected chi connectivity index (χ0v) is 13.8. The van der Waals surface area contributed by atoms with E-state index in [1.54, 1.807) is 11.8 Å². The van der Waals surface area contributed by atoms with Crippen LogP contribution in [-0.2, 0) is 4.79 Å². The molecule has 4 nitrogen and oxygen atoms in total. The Balaban J connectivity index is 0.00000161. The predicted molar refractivity (Wildman–Crippen MR) is 91.4 cm³/mol. The third-order valence-corrected chi connectivity index (χ3v) is 4.98. The average molecular weight is 326 g/mol. The van der Waals surface area contributed by atoms with Gasteiger partial charge in [-0.15, -0.1) is 12.4 Å². The second kappa shape index (κ2) is 6.28. The molecule has 6 heteroatoms. The topological polar surface area (TPSA) is 44.7 Å². The SMILES string of the molecule is CC(C)(C(=O)Nc1ccccc1)C1CN2CCSC2=N1.Cl. The molecule has 0 bridgehead atoms. The first kappa shape index (κ1) is 16.2. The van der Waals surface area contributed by atoms with Crippen molar-refractivity contribution in [3.05, 3.63) is 30.3 Å². The van der Waals surface area contributed by atoms with Crippen molar-refractivity contribution in [2.75, 3.05) is 24.2 Å². The number of hydrogen-bond donors (Lipinski definition) is 1. The molecule has 1 atom stereocenters. The summed E-state index contributed by atoms with van der Waals surface area (Å²) in [6.45, 7) is 5.87. The van der Waals surface area contributed by atoms with Crippen molar-refractivity contribution in [3.8, 4) is 0 Å². The van der Waals surface area contributed by atoms with Crippen LogP contribution < -0.4 is 5.32 Å². The summed E-state index contributed by atoms with van der Waals surface area (Å²) in [4.78, 5) is 19.5. The number of rotatable bonds is 3. The van der Waals surface area contributed by atoms with E-state index in [0.717, 1.165) is 29.7 Å². The van der Waals surface area contributed by atoms with Crippen molar-refractivity contribution >= 4 is 40.9 Å². The van der Waals surface area contributed by atoms with Gasteiger partial charge in [0.1, 0.15) is 0 Å². The summed E-state index contributed by atoms with van der Waals surface area (Å²) in [5, 5.41) is 4.10. The van der Waals surface area contributed by atoms with Crippen molar-refractivity contribution in [1.82, 2.24) is 4.90 Å². The molecule has 2 aliphatic rings. The molecule has 1 N–H and O–H groups in total. The highest BCUT2D eigenvalue weighted by molar-refractivity contribution is 8.14. The molecule has 1 fully saturated rings. The Labute approximate surface area is 135 Å². The molecule has 0 radical (unpaired) electrons. The second-order valence-electron chi connectivity index (χ2n) is 5.76. The van der Waals surface area contributed by atoms with Gasteiger partial charge in [-0.05, 0) is 26.0 Å². The molecule has 0 saturated carbocycles. The highest BCUT2D eigenvalue weighted by Crippen LogP contribution is 2.34. The van der Waals surface area contributed by atoms with Crippen LogP contribution in [0.3, 0.4) is 0 Å². The number of aliphatic imine (C=N–C) groups is 1. The Morgan fingerprint density at radius 1 is 1.38 bits per heavy atom. The third kappa shape index (κ3) is 3.19. The van der Waals surface area contributed by atoms with Crippen LogP contribution in [0.25, 0.3) is 0 Å². The summed E-state index contributed by atoms with van der Waals surface area (Å²) in [6.07, 6.45) is 0. The average Bonchev–Trinajstić information content (AvgIpc) is 3.00. The Kier molecular flexibility index (Phi) is 4.84. The largest absolute Gasteiger partial charge is 0.348 e. The maximum absolute atomic E-state index is 12.5. The Morgan fingerprint density at radius 3 is 2.76 bits per heavy atom. The molecule has 0 aliphatic carbocycles. The van der Waals surface area contributed by atoms with E-state index in [9.17, 15) is 4.79 Å². The minimum absolute atomic E-state index is 0. The van der Waals surface area contributed by atoms with Crippen LogP contribution in [0.1, 0.15) is 13.8 Å². The maximum atomic E-state index is 12.5. The van der Waals surface area contributed by atoms with Crippen molar-refractivity contribution in [1.29, 1.82) is 0 Å². The number of nitrogens with zero attached hydrogens (tertiary/aromatic N) is 2. The molecule has 3 rings (SSSR count). The van der Waals surface area contributed by atoms with Crippen molar-refractivity contribution in [2.45, 2.75) is 19.9 Å². The van der Waals surface area contributed by atoms with Gasteiger partial charge in [-0.25, -0.2) is 0 Å². The molecule has 21 heavy (non-hydrogen) atoms. The fourth-order valence-electron chi connectivity index (χ4n) is 2.46. The molecular weight excluding hydrogens is 306 g/mol. The van der Waals surface area contributed by atoms with Gasteiger partial charge < -0.3 is 10.2 Å². The minimum Gasteiger partial charge on any atom is -0.348 e. The van der Waals surface area contributed by atoms with E-state index in [2.05, 4.69) is 10.2 Å². The lowest BCUT2D eigenvalue weighted by molar-refractivity contribution is -0.124. The number of carbonyl (C=O) groups excluding carboxylic acids is 1. The quantitative estimate of drug-likeness (QED) is 0.929. The molecule has 1 amide bonds. The van der Waals surface area contributed by atoms with Gasteiger partial charge in [0.2, 0.25) is 5.91 Å². The second-order valence-corrected chi connectivity index (χ2v) is 6.83. The smallest absolute Gasteiger partial charge is 0.232 e. The molecule has 0 aromatic heterocycles. The number of para-hydroxylation sites is 1. The zero-order valence-electron chi connectivity index (χ0n) is 12.2. The fraction of sp³-hybridized carbons (Fsp3) is 0.467. The molecule has 0 spiro atoms. The van der Waals surface area contributed by atoms with Gasteiger partial charge in [-0.2, -0.15) is 0 Å². The lowest BCUT2D eigenvalue weighted by Gasteiger charge is -2.28. The van der Waals surface area contributed by atoms with Crippen molar-refractivity contribution in [3.63, 3.8) is 0 Å². The number of carbonyl (C=O) groups is 1. The molecule has 1 saturated heterocycles. The molecular formula is C15H20ClN3OS. The molecule has 1 unspecified atom stereocenters. The molecule has 1 aromatic rings. The van der Waals surface area contributed by atoms with Crippen molar-refractivity contribution in [2.24, 2.45) is 10.4 Å². The number of thioether (sulfide) groups is 1. The van der Waals surface area contributed by atoms with Gasteiger partial charge in [0.25, 0.3) is 0 Å². The van der Waals surface area contributed by atoms with Gasteiger partial charge in [0.05, 0.1) is 11.5 Å². The van der Waals surface area contributed by atoms with Gasteiger partial charge in [-0.1, -0.05) is 30.0 Å². The Morgan fingerprint density at radius 2 is 2.10 bits per heavy atom. The number of anilines is 1. The Bertz CT molecular complexity index is 547. The normalized spacial score (nSPS) is 20.6. The van der Waals surface area contributed by atoms with Crippen LogP contribution in [0.2, 0.25) is 0 Å². The number of amidine groups is 1. The van der Waals surface area contributed by atoms with E-state index in [-0.39, 0.29) is 24.4 Å². The van der Waals surface area contributed by atoms with Gasteiger partial charge >= 0.3 is 0 Å². The van der Waals surface area contributed by atoms with E-state index in [1.807, 2.05) is 44.2 Å². The highest BCUT2D eigenvalue weighted by atomic mass is 35.5. The van der Waals surface area contributed by atoms with Gasteiger partial charge in [0.15, 0.2) is 5.17 Å². The van der Waals surface area contributed by atoms with Gasteiger partial charge in [0, 0.05) is 24.5 Å². The third-order valence-electron chi connectivity index (χ3n) is 3.97. The fourth-order valence-corrected chi connectivity index (χ4v) is 3.50. The summed E-state index contributed by atoms with van der Waals surface area (Å²) >= 11 is 1.79. The van der Waals surface area contributed by atoms with Crippen molar-refractivity contribution < 1.29 is 4.79 Å². The lowest BCUT2D eigenvalue weighted by Crippen LogP contribution is -2.42. The molecule has 2 heterocycles. The van der Waals surface area contributed by atoms with Crippen LogP contribution in [-0.4, -0.2) is 40.9 Å². The van der Waals surface area contributed by atoms with E-state index in [1.165, 1.54) is 0 Å². The molecule has 2 aliphatic heterocycles. The number of nitrogens with one attached hydrogen (secondary N) is 1. The number of amides is 1. The summed E-state index contributed by atoms with van der Waals surface area (Å²) in [5.41, 5.74) is 0.333. The number of halogens is 1. The van der Waals surface area contributed by atoms with E-state index in [4.69, 9.17) is 4.99 Å². The zero-order chi connectivity index (χ0) is 14.2. The standard InChI is InChI=1S/C15H19N3OS.ClH/c1-15(2,12-10-18-8-9-20-14(18)17-12)13(19)16-11-6-4-3-5-7-11;/h3-7,12H,8-10H2,1-2H3,(H,16,19);1H. The van der Waals surface area contributed by atoms with E-state index in [0.29, 0.717) is 0 Å². The first-order valence-corrected chi connectivity index (χ1v) is 7.88. The first-order valence-electron chi connectivity index (χ1n) is 6.89. The van der Waals surface area contributed by atoms with Crippen LogP contribution in [0.4, 0.5) is 5.69 Å². The predicted octanol–water partition coefficient (Wildman–Crippen LogP) is 2.86. The monoisotopic (exact) mass is 325 g/mol. The summed E-state index contributed by atoms with van der Waals surface area (Å²) in [7, 11) is 0. The van der Waals surface area contributed by atoms with Crippen LogP contribution in [0.5, 0.6) is 0 Å². The maximum Gasteiger partial charge on any atom is 0.232 e. The minimum atomic E-state index is -0.506. The molecule has 114 valence electrons. The summed E-state index contributed by atoms with van der Waals surface area (Å²) < 4.78 is 0. The van der Waals surface area contributed by atoms with Crippen LogP contribution in [0.15, 0.2) is 35.3 Å². The number of fused-ring (bicyclic) bond motifs is 1.